The van der Waals surface area contributed by atoms with Gasteiger partial charge in [-0.25, -0.2) is 0 Å². The Labute approximate surface area is 132 Å². The van der Waals surface area contributed by atoms with E-state index in [0.29, 0.717) is 12.0 Å². The quantitative estimate of drug-likeness (QED) is 0.477. The number of benzene rings is 1. The molecular formula is C20H35N. The molecule has 1 N–H and O–H groups in total. The van der Waals surface area contributed by atoms with E-state index in [4.69, 9.17) is 0 Å². The molecule has 1 rings (SSSR count). The zero-order valence-corrected chi connectivity index (χ0v) is 14.6. The highest BCUT2D eigenvalue weighted by molar-refractivity contribution is 5.26. The number of unbranched alkanes of at least 4 members (excludes halogenated alkanes) is 6. The van der Waals surface area contributed by atoms with Crippen LogP contribution < -0.4 is 5.32 Å². The second kappa shape index (κ2) is 10.8. The van der Waals surface area contributed by atoms with Gasteiger partial charge in [0.25, 0.3) is 0 Å². The standard InChI is InChI=1S/C20H35N/c1-5-6-7-8-9-10-11-12-20(21-4)19-15-13-18(14-16-19)17(2)3/h13-17,20-21H,5-12H2,1-4H3. The molecule has 0 fully saturated rings. The largest absolute Gasteiger partial charge is 0.313 e. The van der Waals surface area contributed by atoms with Gasteiger partial charge in [0.05, 0.1) is 0 Å². The maximum atomic E-state index is 3.48. The maximum absolute atomic E-state index is 3.48. The van der Waals surface area contributed by atoms with Crippen molar-refractivity contribution < 1.29 is 0 Å². The highest BCUT2D eigenvalue weighted by Crippen LogP contribution is 2.22. The highest BCUT2D eigenvalue weighted by Gasteiger charge is 2.09. The van der Waals surface area contributed by atoms with Crippen LogP contribution in [0.15, 0.2) is 24.3 Å². The lowest BCUT2D eigenvalue weighted by molar-refractivity contribution is 0.496. The Morgan fingerprint density at radius 2 is 1.33 bits per heavy atom. The lowest BCUT2D eigenvalue weighted by atomic mass is 9.96. The molecule has 0 aromatic heterocycles. The Kier molecular flexibility index (Phi) is 9.41. The SMILES string of the molecule is CCCCCCCCCC(NC)c1ccc(C(C)C)cc1. The number of rotatable bonds is 11. The maximum Gasteiger partial charge on any atom is 0.0317 e. The molecule has 1 aromatic carbocycles. The summed E-state index contributed by atoms with van der Waals surface area (Å²) in [7, 11) is 2.09. The van der Waals surface area contributed by atoms with Gasteiger partial charge in [0.1, 0.15) is 0 Å². The third-order valence-corrected chi connectivity index (χ3v) is 4.45. The van der Waals surface area contributed by atoms with Crippen molar-refractivity contribution in [2.75, 3.05) is 7.05 Å². The van der Waals surface area contributed by atoms with E-state index in [1.165, 1.54) is 62.5 Å². The van der Waals surface area contributed by atoms with E-state index in [1.807, 2.05) is 0 Å². The fourth-order valence-electron chi connectivity index (χ4n) is 2.90. The molecule has 0 radical (unpaired) electrons. The minimum absolute atomic E-state index is 0.516. The summed E-state index contributed by atoms with van der Waals surface area (Å²) < 4.78 is 0. The van der Waals surface area contributed by atoms with Crippen molar-refractivity contribution in [3.63, 3.8) is 0 Å². The van der Waals surface area contributed by atoms with Crippen molar-refractivity contribution in [2.45, 2.75) is 84.1 Å². The van der Waals surface area contributed by atoms with Crippen LogP contribution in [-0.2, 0) is 0 Å². The van der Waals surface area contributed by atoms with Crippen molar-refractivity contribution in [3.8, 4) is 0 Å². The number of nitrogens with one attached hydrogen (secondary N) is 1. The Morgan fingerprint density at radius 1 is 0.810 bits per heavy atom. The molecule has 0 amide bonds. The van der Waals surface area contributed by atoms with Gasteiger partial charge in [0.2, 0.25) is 0 Å². The van der Waals surface area contributed by atoms with Gasteiger partial charge in [-0.05, 0) is 30.5 Å². The monoisotopic (exact) mass is 289 g/mol. The molecule has 120 valence electrons. The molecule has 21 heavy (non-hydrogen) atoms. The van der Waals surface area contributed by atoms with Crippen LogP contribution in [-0.4, -0.2) is 7.05 Å². The van der Waals surface area contributed by atoms with E-state index in [1.54, 1.807) is 0 Å². The Bertz CT molecular complexity index is 353. The average Bonchev–Trinajstić information content (AvgIpc) is 2.50. The third kappa shape index (κ3) is 7.13. The van der Waals surface area contributed by atoms with E-state index >= 15 is 0 Å². The molecule has 1 unspecified atom stereocenters. The van der Waals surface area contributed by atoms with Crippen molar-refractivity contribution >= 4 is 0 Å². The first-order valence-electron chi connectivity index (χ1n) is 8.96. The summed E-state index contributed by atoms with van der Waals surface area (Å²) in [6.07, 6.45) is 11.0. The zero-order valence-electron chi connectivity index (χ0n) is 14.6. The molecule has 1 aromatic rings. The van der Waals surface area contributed by atoms with Crippen LogP contribution in [0.4, 0.5) is 0 Å². The van der Waals surface area contributed by atoms with Crippen LogP contribution in [0.2, 0.25) is 0 Å². The lowest BCUT2D eigenvalue weighted by Crippen LogP contribution is -2.16. The molecule has 0 aliphatic carbocycles. The summed E-state index contributed by atoms with van der Waals surface area (Å²) in [4.78, 5) is 0. The Hall–Kier alpha value is -0.820. The van der Waals surface area contributed by atoms with Gasteiger partial charge in [0, 0.05) is 6.04 Å². The highest BCUT2D eigenvalue weighted by atomic mass is 14.9. The summed E-state index contributed by atoms with van der Waals surface area (Å²) in [6, 6.07) is 9.70. The summed E-state index contributed by atoms with van der Waals surface area (Å²) in [5, 5.41) is 3.48. The van der Waals surface area contributed by atoms with Gasteiger partial charge < -0.3 is 5.32 Å². The molecule has 0 spiro atoms. The first kappa shape index (κ1) is 18.2. The van der Waals surface area contributed by atoms with Gasteiger partial charge in [-0.1, -0.05) is 90.0 Å². The van der Waals surface area contributed by atoms with Crippen molar-refractivity contribution in [1.29, 1.82) is 0 Å². The second-order valence-corrected chi connectivity index (χ2v) is 6.57. The van der Waals surface area contributed by atoms with Crippen LogP contribution in [0.3, 0.4) is 0 Å². The van der Waals surface area contributed by atoms with Crippen LogP contribution >= 0.6 is 0 Å². The summed E-state index contributed by atoms with van der Waals surface area (Å²) >= 11 is 0. The van der Waals surface area contributed by atoms with Crippen LogP contribution in [0.5, 0.6) is 0 Å². The third-order valence-electron chi connectivity index (χ3n) is 4.45. The molecule has 0 aliphatic heterocycles. The molecule has 1 heteroatoms. The van der Waals surface area contributed by atoms with Gasteiger partial charge in [-0.3, -0.25) is 0 Å². The second-order valence-electron chi connectivity index (χ2n) is 6.57. The topological polar surface area (TPSA) is 12.0 Å². The Morgan fingerprint density at radius 3 is 1.86 bits per heavy atom. The lowest BCUT2D eigenvalue weighted by Gasteiger charge is -2.17. The molecule has 0 saturated carbocycles. The van der Waals surface area contributed by atoms with Gasteiger partial charge in [-0.2, -0.15) is 0 Å². The smallest absolute Gasteiger partial charge is 0.0317 e. The minimum Gasteiger partial charge on any atom is -0.313 e. The van der Waals surface area contributed by atoms with Crippen molar-refractivity contribution in [3.05, 3.63) is 35.4 Å². The molecule has 0 aliphatic rings. The van der Waals surface area contributed by atoms with Gasteiger partial charge in [-0.15, -0.1) is 0 Å². The van der Waals surface area contributed by atoms with Crippen LogP contribution in [0.25, 0.3) is 0 Å². The van der Waals surface area contributed by atoms with Gasteiger partial charge >= 0.3 is 0 Å². The van der Waals surface area contributed by atoms with E-state index in [-0.39, 0.29) is 0 Å². The molecule has 1 atom stereocenters. The summed E-state index contributed by atoms with van der Waals surface area (Å²) in [6.45, 7) is 6.79. The van der Waals surface area contributed by atoms with E-state index in [0.717, 1.165) is 0 Å². The first-order chi connectivity index (χ1) is 10.2. The molecule has 1 nitrogen and oxygen atoms in total. The fraction of sp³-hybridized carbons (Fsp3) is 0.700. The van der Waals surface area contributed by atoms with E-state index in [2.05, 4.69) is 57.4 Å². The zero-order chi connectivity index (χ0) is 15.5. The van der Waals surface area contributed by atoms with Crippen molar-refractivity contribution in [1.82, 2.24) is 5.32 Å². The van der Waals surface area contributed by atoms with E-state index < -0.39 is 0 Å². The van der Waals surface area contributed by atoms with Crippen molar-refractivity contribution in [2.24, 2.45) is 0 Å². The average molecular weight is 290 g/mol. The predicted octanol–water partition coefficient (Wildman–Crippen LogP) is 6.21. The number of hydrogen-bond acceptors (Lipinski definition) is 1. The molecular weight excluding hydrogens is 254 g/mol. The Balaban J connectivity index is 2.30. The first-order valence-corrected chi connectivity index (χ1v) is 8.96. The minimum atomic E-state index is 0.516. The van der Waals surface area contributed by atoms with Crippen LogP contribution in [0, 0.1) is 0 Å². The fourth-order valence-corrected chi connectivity index (χ4v) is 2.90. The van der Waals surface area contributed by atoms with Gasteiger partial charge in [0.15, 0.2) is 0 Å². The van der Waals surface area contributed by atoms with E-state index in [9.17, 15) is 0 Å². The predicted molar refractivity (Wildman–Crippen MR) is 94.9 cm³/mol. The molecule has 0 saturated heterocycles. The molecule has 0 bridgehead atoms. The normalized spacial score (nSPS) is 12.8. The molecule has 0 heterocycles. The summed E-state index contributed by atoms with van der Waals surface area (Å²) in [5.74, 6) is 0.621. The van der Waals surface area contributed by atoms with Crippen LogP contribution in [0.1, 0.15) is 95.2 Å². The number of hydrogen-bond donors (Lipinski definition) is 1. The summed E-state index contributed by atoms with van der Waals surface area (Å²) in [5.41, 5.74) is 2.87.